The van der Waals surface area contributed by atoms with Crippen LogP contribution < -0.4 is 5.32 Å². The van der Waals surface area contributed by atoms with Crippen LogP contribution >= 0.6 is 0 Å². The Morgan fingerprint density at radius 2 is 0.792 bits per heavy atom. The Balaban J connectivity index is 2.21. The number of aliphatic hydroxyl groups excluding tert-OH is 5. The predicted molar refractivity (Wildman–Crippen MR) is 304 cm³/mol. The molecule has 0 aliphatic carbocycles. The zero-order chi connectivity index (χ0) is 52.2. The average molecular weight is 1020 g/mol. The van der Waals surface area contributed by atoms with Gasteiger partial charge in [-0.1, -0.05) is 275 Å². The lowest BCUT2D eigenvalue weighted by Gasteiger charge is -2.40. The highest BCUT2D eigenvalue weighted by Gasteiger charge is 2.44. The molecule has 1 aliphatic heterocycles. The molecule has 7 atom stereocenters. The molecule has 1 heterocycles. The average Bonchev–Trinajstić information content (AvgIpc) is 3.38. The minimum Gasteiger partial charge on any atom is -0.394 e. The maximum absolute atomic E-state index is 13.1. The van der Waals surface area contributed by atoms with E-state index < -0.39 is 49.5 Å². The number of allylic oxidation sites excluding steroid dienone is 5. The summed E-state index contributed by atoms with van der Waals surface area (Å²) >= 11 is 0. The number of nitrogens with one attached hydrogen (secondary N) is 1. The molecule has 9 nitrogen and oxygen atoms in total. The van der Waals surface area contributed by atoms with Crippen molar-refractivity contribution in [2.24, 2.45) is 0 Å². The number of amides is 1. The third kappa shape index (κ3) is 41.6. The fourth-order valence-corrected chi connectivity index (χ4v) is 9.99. The Morgan fingerprint density at radius 1 is 0.458 bits per heavy atom. The van der Waals surface area contributed by atoms with Gasteiger partial charge in [0.1, 0.15) is 24.4 Å². The fraction of sp³-hybridized carbons (Fsp3) is 0.889. The molecule has 6 N–H and O–H groups in total. The standard InChI is InChI=1S/C63H119NO8/c1-3-5-7-9-11-13-15-17-19-21-23-25-26-27-28-29-30-31-33-34-36-38-40-42-44-46-48-50-52-57(66)56(55-71-63-62(70)61(69)60(68)58(54-65)72-63)64-59(67)53-51-49-47-45-43-41-39-37-35-32-24-22-20-18-16-14-12-10-8-6-4-2/h22,24,42,44,50,52,56-58,60-63,65-66,68-70H,3-21,23,25-41,43,45-49,51,53-55H2,1-2H3,(H,64,67)/b24-22-,44-42+,52-50+. The van der Waals surface area contributed by atoms with Gasteiger partial charge in [0.25, 0.3) is 0 Å². The van der Waals surface area contributed by atoms with E-state index in [1.807, 2.05) is 6.08 Å². The molecule has 1 aliphatic rings. The second-order valence-electron chi connectivity index (χ2n) is 21.8. The molecule has 0 aromatic carbocycles. The number of unbranched alkanes of at least 4 members (excludes halogenated alkanes) is 40. The molecule has 0 bridgehead atoms. The molecule has 7 unspecified atom stereocenters. The molecular formula is C63H119NO8. The molecule has 424 valence electrons. The summed E-state index contributed by atoms with van der Waals surface area (Å²) in [5.74, 6) is -0.185. The number of aliphatic hydroxyl groups is 5. The van der Waals surface area contributed by atoms with E-state index in [9.17, 15) is 30.3 Å². The minimum atomic E-state index is -1.57. The molecular weight excluding hydrogens is 899 g/mol. The van der Waals surface area contributed by atoms with Gasteiger partial charge >= 0.3 is 0 Å². The first-order chi connectivity index (χ1) is 35.3. The molecule has 1 saturated heterocycles. The molecule has 0 saturated carbocycles. The molecule has 9 heteroatoms. The molecule has 0 aromatic rings. The summed E-state index contributed by atoms with van der Waals surface area (Å²) in [7, 11) is 0. The van der Waals surface area contributed by atoms with Crippen molar-refractivity contribution in [3.05, 3.63) is 36.5 Å². The van der Waals surface area contributed by atoms with Crippen LogP contribution in [-0.4, -0.2) is 87.5 Å². The van der Waals surface area contributed by atoms with Crippen LogP contribution in [-0.2, 0) is 14.3 Å². The molecule has 1 amide bonds. The summed E-state index contributed by atoms with van der Waals surface area (Å²) in [6.45, 7) is 3.80. The lowest BCUT2D eigenvalue weighted by molar-refractivity contribution is -0.302. The topological polar surface area (TPSA) is 149 Å². The Bertz CT molecular complexity index is 1230. The van der Waals surface area contributed by atoms with Crippen LogP contribution in [0.5, 0.6) is 0 Å². The Labute approximate surface area is 444 Å². The highest BCUT2D eigenvalue weighted by atomic mass is 16.7. The summed E-state index contributed by atoms with van der Waals surface area (Å²) in [5.41, 5.74) is 0. The van der Waals surface area contributed by atoms with Gasteiger partial charge in [-0.25, -0.2) is 0 Å². The van der Waals surface area contributed by atoms with Gasteiger partial charge in [-0.2, -0.15) is 0 Å². The first-order valence-corrected chi connectivity index (χ1v) is 31.2. The first kappa shape index (κ1) is 68.4. The van der Waals surface area contributed by atoms with Crippen molar-refractivity contribution >= 4 is 5.91 Å². The van der Waals surface area contributed by atoms with Crippen LogP contribution in [0.25, 0.3) is 0 Å². The van der Waals surface area contributed by atoms with Gasteiger partial charge in [0.2, 0.25) is 5.91 Å². The van der Waals surface area contributed by atoms with Crippen molar-refractivity contribution in [2.75, 3.05) is 13.2 Å². The summed E-state index contributed by atoms with van der Waals surface area (Å²) in [6.07, 6.45) is 62.3. The predicted octanol–water partition coefficient (Wildman–Crippen LogP) is 15.9. The summed E-state index contributed by atoms with van der Waals surface area (Å²) in [5, 5.41) is 54.6. The van der Waals surface area contributed by atoms with E-state index in [-0.39, 0.29) is 12.5 Å². The van der Waals surface area contributed by atoms with E-state index in [0.29, 0.717) is 6.42 Å². The van der Waals surface area contributed by atoms with Gasteiger partial charge < -0.3 is 40.3 Å². The zero-order valence-corrected chi connectivity index (χ0v) is 47.2. The van der Waals surface area contributed by atoms with Crippen molar-refractivity contribution in [1.82, 2.24) is 5.32 Å². The molecule has 1 fully saturated rings. The van der Waals surface area contributed by atoms with Gasteiger partial charge in [0.15, 0.2) is 6.29 Å². The smallest absolute Gasteiger partial charge is 0.220 e. The number of ether oxygens (including phenoxy) is 2. The minimum absolute atomic E-state index is 0.185. The van der Waals surface area contributed by atoms with E-state index in [1.54, 1.807) is 6.08 Å². The van der Waals surface area contributed by atoms with Gasteiger partial charge in [-0.05, 0) is 57.8 Å². The molecule has 72 heavy (non-hydrogen) atoms. The van der Waals surface area contributed by atoms with Gasteiger partial charge in [-0.15, -0.1) is 0 Å². The molecule has 0 spiro atoms. The quantitative estimate of drug-likeness (QED) is 0.0261. The molecule has 0 radical (unpaired) electrons. The Hall–Kier alpha value is -1.59. The normalized spacial score (nSPS) is 19.3. The van der Waals surface area contributed by atoms with Crippen LogP contribution in [0.1, 0.15) is 303 Å². The number of hydrogen-bond donors (Lipinski definition) is 6. The van der Waals surface area contributed by atoms with Crippen LogP contribution in [0.15, 0.2) is 36.5 Å². The van der Waals surface area contributed by atoms with E-state index in [1.165, 1.54) is 244 Å². The van der Waals surface area contributed by atoms with E-state index in [4.69, 9.17) is 9.47 Å². The van der Waals surface area contributed by atoms with Crippen molar-refractivity contribution in [3.8, 4) is 0 Å². The SMILES string of the molecule is CCCCCCCCCC/C=C\CCCCCCCCCCCC(=O)NC(COC1OC(CO)C(O)C(O)C1O)C(O)/C=C/CC/C=C/CCCCCCCCCCCCCCCCCCCCCCCC. The number of hydrogen-bond acceptors (Lipinski definition) is 8. The van der Waals surface area contributed by atoms with E-state index in [2.05, 4.69) is 43.5 Å². The highest BCUT2D eigenvalue weighted by molar-refractivity contribution is 5.76. The maximum atomic E-state index is 13.1. The van der Waals surface area contributed by atoms with Gasteiger partial charge in [0.05, 0.1) is 25.4 Å². The van der Waals surface area contributed by atoms with Gasteiger partial charge in [0, 0.05) is 6.42 Å². The van der Waals surface area contributed by atoms with Crippen molar-refractivity contribution in [2.45, 2.75) is 346 Å². The lowest BCUT2D eigenvalue weighted by Crippen LogP contribution is -2.60. The van der Waals surface area contributed by atoms with Crippen molar-refractivity contribution in [3.63, 3.8) is 0 Å². The Kier molecular flexibility index (Phi) is 50.2. The van der Waals surface area contributed by atoms with Crippen molar-refractivity contribution in [1.29, 1.82) is 0 Å². The largest absolute Gasteiger partial charge is 0.394 e. The van der Waals surface area contributed by atoms with Gasteiger partial charge in [-0.3, -0.25) is 4.79 Å². The third-order valence-electron chi connectivity index (χ3n) is 14.9. The summed E-state index contributed by atoms with van der Waals surface area (Å²) < 4.78 is 11.3. The number of rotatable bonds is 54. The second kappa shape index (κ2) is 52.8. The first-order valence-electron chi connectivity index (χ1n) is 31.2. The molecule has 1 rings (SSSR count). The van der Waals surface area contributed by atoms with E-state index >= 15 is 0 Å². The Morgan fingerprint density at radius 3 is 1.17 bits per heavy atom. The zero-order valence-electron chi connectivity index (χ0n) is 47.2. The summed E-state index contributed by atoms with van der Waals surface area (Å²) in [4.78, 5) is 13.1. The summed E-state index contributed by atoms with van der Waals surface area (Å²) in [6, 6.07) is -0.823. The lowest BCUT2D eigenvalue weighted by atomic mass is 9.99. The third-order valence-corrected chi connectivity index (χ3v) is 14.9. The van der Waals surface area contributed by atoms with Crippen molar-refractivity contribution < 1.29 is 39.8 Å². The number of carbonyl (C=O) groups excluding carboxylic acids is 1. The maximum Gasteiger partial charge on any atom is 0.220 e. The second-order valence-corrected chi connectivity index (χ2v) is 21.8. The van der Waals surface area contributed by atoms with Crippen LogP contribution in [0, 0.1) is 0 Å². The fourth-order valence-electron chi connectivity index (χ4n) is 9.99. The molecule has 0 aromatic heterocycles. The van der Waals surface area contributed by atoms with Crippen LogP contribution in [0.2, 0.25) is 0 Å². The van der Waals surface area contributed by atoms with Crippen LogP contribution in [0.3, 0.4) is 0 Å². The van der Waals surface area contributed by atoms with E-state index in [0.717, 1.165) is 38.5 Å². The number of carbonyl (C=O) groups is 1. The highest BCUT2D eigenvalue weighted by Crippen LogP contribution is 2.23. The monoisotopic (exact) mass is 1020 g/mol. The van der Waals surface area contributed by atoms with Crippen LogP contribution in [0.4, 0.5) is 0 Å².